The third-order valence-electron chi connectivity index (χ3n) is 2.00. The topological polar surface area (TPSA) is 72.2 Å². The van der Waals surface area contributed by atoms with Crippen LogP contribution in [-0.2, 0) is 11.3 Å². The fraction of sp³-hybridized carbons (Fsp3) is 0.818. The molecule has 0 fully saturated rings. The molecule has 0 aliphatic rings. The van der Waals surface area contributed by atoms with Gasteiger partial charge in [-0.25, -0.2) is 8.78 Å². The molecule has 2 N–H and O–H groups in total. The van der Waals surface area contributed by atoms with E-state index in [4.69, 9.17) is 9.15 Å². The molecule has 1 aromatic rings. The summed E-state index contributed by atoms with van der Waals surface area (Å²) in [4.78, 5) is 0. The minimum atomic E-state index is -2.45. The molecule has 0 amide bonds. The quantitative estimate of drug-likeness (QED) is 0.704. The van der Waals surface area contributed by atoms with E-state index in [0.717, 1.165) is 0 Å². The first-order valence-corrected chi connectivity index (χ1v) is 6.04. The van der Waals surface area contributed by atoms with E-state index < -0.39 is 13.0 Å². The number of halogens is 2. The zero-order chi connectivity index (χ0) is 14.3. The van der Waals surface area contributed by atoms with Crippen molar-refractivity contribution in [1.29, 1.82) is 0 Å². The van der Waals surface area contributed by atoms with Crippen LogP contribution in [0, 0.1) is 0 Å². The molecule has 0 aliphatic heterocycles. The summed E-state index contributed by atoms with van der Waals surface area (Å²) in [7, 11) is 0. The van der Waals surface area contributed by atoms with E-state index in [0.29, 0.717) is 19.0 Å². The summed E-state index contributed by atoms with van der Waals surface area (Å²) < 4.78 is 33.6. The van der Waals surface area contributed by atoms with E-state index in [2.05, 4.69) is 20.8 Å². The van der Waals surface area contributed by atoms with Crippen molar-refractivity contribution in [2.75, 3.05) is 25.1 Å². The molecule has 0 aliphatic carbocycles. The number of rotatable bonds is 8. The van der Waals surface area contributed by atoms with Crippen LogP contribution < -0.4 is 10.6 Å². The van der Waals surface area contributed by atoms with Crippen molar-refractivity contribution in [3.8, 4) is 0 Å². The molecule has 19 heavy (non-hydrogen) atoms. The lowest BCUT2D eigenvalue weighted by molar-refractivity contribution is 0.0214. The Labute approximate surface area is 110 Å². The molecule has 0 bridgehead atoms. The van der Waals surface area contributed by atoms with Gasteiger partial charge in [0.05, 0.1) is 13.2 Å². The Hall–Kier alpha value is -1.28. The average molecular weight is 278 g/mol. The van der Waals surface area contributed by atoms with Crippen LogP contribution in [0.1, 0.15) is 26.7 Å². The SMILES string of the molecule is CC(C)(C)NCc1nnc(NCCOCC(F)F)o1. The number of hydrogen-bond donors (Lipinski definition) is 2. The van der Waals surface area contributed by atoms with Crippen LogP contribution in [0.25, 0.3) is 0 Å². The van der Waals surface area contributed by atoms with Crippen LogP contribution in [0.2, 0.25) is 0 Å². The molecule has 0 radical (unpaired) electrons. The van der Waals surface area contributed by atoms with Crippen LogP contribution in [0.4, 0.5) is 14.8 Å². The van der Waals surface area contributed by atoms with Gasteiger partial charge in [-0.1, -0.05) is 5.10 Å². The van der Waals surface area contributed by atoms with Crippen molar-refractivity contribution in [1.82, 2.24) is 15.5 Å². The van der Waals surface area contributed by atoms with E-state index in [9.17, 15) is 8.78 Å². The summed E-state index contributed by atoms with van der Waals surface area (Å²) in [5.41, 5.74) is -0.0365. The second kappa shape index (κ2) is 7.34. The Kier molecular flexibility index (Phi) is 6.10. The van der Waals surface area contributed by atoms with E-state index in [-0.39, 0.29) is 18.2 Å². The number of aromatic nitrogens is 2. The number of ether oxygens (including phenoxy) is 1. The van der Waals surface area contributed by atoms with Crippen LogP contribution in [0.3, 0.4) is 0 Å². The Bertz CT molecular complexity index is 366. The zero-order valence-electron chi connectivity index (χ0n) is 11.4. The minimum Gasteiger partial charge on any atom is -0.407 e. The molecule has 0 unspecified atom stereocenters. The van der Waals surface area contributed by atoms with E-state index in [1.165, 1.54) is 0 Å². The normalized spacial score (nSPS) is 12.1. The highest BCUT2D eigenvalue weighted by Gasteiger charge is 2.12. The molecular weight excluding hydrogens is 258 g/mol. The zero-order valence-corrected chi connectivity index (χ0v) is 11.4. The molecule has 6 nitrogen and oxygen atoms in total. The van der Waals surface area contributed by atoms with Crippen molar-refractivity contribution >= 4 is 6.01 Å². The molecule has 0 atom stereocenters. The first kappa shape index (κ1) is 15.8. The number of anilines is 1. The fourth-order valence-electron chi connectivity index (χ4n) is 1.14. The number of alkyl halides is 2. The summed E-state index contributed by atoms with van der Waals surface area (Å²) in [5, 5.41) is 13.6. The third-order valence-corrected chi connectivity index (χ3v) is 2.00. The van der Waals surface area contributed by atoms with Crippen molar-refractivity contribution in [2.24, 2.45) is 0 Å². The lowest BCUT2D eigenvalue weighted by Crippen LogP contribution is -2.35. The first-order valence-electron chi connectivity index (χ1n) is 6.04. The standard InChI is InChI=1S/C11H20F2N4O2/c1-11(2,3)15-6-9-16-17-10(19-9)14-4-5-18-7-8(12)13/h8,15H,4-7H2,1-3H3,(H,14,17). The first-order chi connectivity index (χ1) is 8.87. The second-order valence-electron chi connectivity index (χ2n) is 5.00. The van der Waals surface area contributed by atoms with Crippen molar-refractivity contribution in [3.63, 3.8) is 0 Å². The molecule has 0 saturated heterocycles. The fourth-order valence-corrected chi connectivity index (χ4v) is 1.14. The summed E-state index contributed by atoms with van der Waals surface area (Å²) in [6, 6.07) is 0.256. The summed E-state index contributed by atoms with van der Waals surface area (Å²) >= 11 is 0. The highest BCUT2D eigenvalue weighted by molar-refractivity contribution is 5.16. The highest BCUT2D eigenvalue weighted by atomic mass is 19.3. The molecule has 1 aromatic heterocycles. The van der Waals surface area contributed by atoms with Gasteiger partial charge in [-0.05, 0) is 20.8 Å². The van der Waals surface area contributed by atoms with Gasteiger partial charge in [-0.3, -0.25) is 0 Å². The third kappa shape index (κ3) is 7.68. The molecule has 1 heterocycles. The van der Waals surface area contributed by atoms with Crippen molar-refractivity contribution in [3.05, 3.63) is 5.89 Å². The lowest BCUT2D eigenvalue weighted by Gasteiger charge is -2.18. The predicted molar refractivity (Wildman–Crippen MR) is 66.2 cm³/mol. The van der Waals surface area contributed by atoms with Crippen molar-refractivity contribution in [2.45, 2.75) is 39.3 Å². The van der Waals surface area contributed by atoms with E-state index >= 15 is 0 Å². The predicted octanol–water partition coefficient (Wildman–Crippen LogP) is 1.65. The van der Waals surface area contributed by atoms with Crippen molar-refractivity contribution < 1.29 is 17.9 Å². The van der Waals surface area contributed by atoms with E-state index in [1.807, 2.05) is 20.8 Å². The van der Waals surface area contributed by atoms with Crippen LogP contribution in [-0.4, -0.2) is 41.9 Å². The Morgan fingerprint density at radius 3 is 2.68 bits per heavy atom. The molecular formula is C11H20F2N4O2. The lowest BCUT2D eigenvalue weighted by atomic mass is 10.1. The Morgan fingerprint density at radius 1 is 1.32 bits per heavy atom. The molecule has 0 saturated carbocycles. The molecule has 0 spiro atoms. The van der Waals surface area contributed by atoms with Gasteiger partial charge in [0.15, 0.2) is 0 Å². The maximum absolute atomic E-state index is 11.8. The molecule has 1 rings (SSSR count). The van der Waals surface area contributed by atoms with Crippen LogP contribution in [0.5, 0.6) is 0 Å². The molecule has 110 valence electrons. The van der Waals surface area contributed by atoms with Gasteiger partial charge < -0.3 is 19.8 Å². The number of nitrogens with zero attached hydrogens (tertiary/aromatic N) is 2. The van der Waals surface area contributed by atoms with Gasteiger partial charge in [0.2, 0.25) is 5.89 Å². The van der Waals surface area contributed by atoms with Gasteiger partial charge in [-0.15, -0.1) is 5.10 Å². The van der Waals surface area contributed by atoms with Gasteiger partial charge in [0, 0.05) is 12.1 Å². The maximum atomic E-state index is 11.8. The molecule has 8 heteroatoms. The Morgan fingerprint density at radius 2 is 2.05 bits per heavy atom. The average Bonchev–Trinajstić information content (AvgIpc) is 2.72. The van der Waals surface area contributed by atoms with Crippen LogP contribution in [0.15, 0.2) is 4.42 Å². The smallest absolute Gasteiger partial charge is 0.315 e. The second-order valence-corrected chi connectivity index (χ2v) is 5.00. The summed E-state index contributed by atoms with van der Waals surface area (Å²) in [6.45, 7) is 6.49. The highest BCUT2D eigenvalue weighted by Crippen LogP contribution is 2.07. The van der Waals surface area contributed by atoms with Gasteiger partial charge in [0.1, 0.15) is 6.61 Å². The number of hydrogen-bond acceptors (Lipinski definition) is 6. The monoisotopic (exact) mass is 278 g/mol. The van der Waals surface area contributed by atoms with E-state index in [1.54, 1.807) is 0 Å². The Balaban J connectivity index is 2.20. The maximum Gasteiger partial charge on any atom is 0.315 e. The largest absolute Gasteiger partial charge is 0.407 e. The minimum absolute atomic E-state index is 0.0365. The van der Waals surface area contributed by atoms with Gasteiger partial charge in [0.25, 0.3) is 6.43 Å². The molecule has 0 aromatic carbocycles. The van der Waals surface area contributed by atoms with Crippen LogP contribution >= 0.6 is 0 Å². The number of nitrogens with one attached hydrogen (secondary N) is 2. The van der Waals surface area contributed by atoms with Gasteiger partial charge >= 0.3 is 6.01 Å². The van der Waals surface area contributed by atoms with Gasteiger partial charge in [-0.2, -0.15) is 0 Å². The summed E-state index contributed by atoms with van der Waals surface area (Å²) in [5.74, 6) is 0.464. The summed E-state index contributed by atoms with van der Waals surface area (Å²) in [6.07, 6.45) is -2.45.